The molecule has 1 N–H and O–H groups in total. The van der Waals surface area contributed by atoms with Crippen molar-refractivity contribution in [2.45, 2.75) is 31.8 Å². The smallest absolute Gasteiger partial charge is 0.241 e. The Morgan fingerprint density at radius 3 is 2.82 bits per heavy atom. The minimum atomic E-state index is -0.148. The third kappa shape index (κ3) is 3.35. The van der Waals surface area contributed by atoms with E-state index in [0.717, 1.165) is 25.1 Å². The number of likely N-dealkylation sites (tertiary alicyclic amines) is 1. The highest BCUT2D eigenvalue weighted by molar-refractivity contribution is 7.10. The van der Waals surface area contributed by atoms with Gasteiger partial charge in [-0.15, -0.1) is 11.3 Å². The van der Waals surface area contributed by atoms with Gasteiger partial charge in [0.25, 0.3) is 0 Å². The fraction of sp³-hybridized carbons (Fsp3) is 0.353. The Balaban J connectivity index is 1.68. The summed E-state index contributed by atoms with van der Waals surface area (Å²) >= 11 is 7.64. The van der Waals surface area contributed by atoms with E-state index in [0.29, 0.717) is 11.1 Å². The van der Waals surface area contributed by atoms with Gasteiger partial charge in [-0.3, -0.25) is 9.69 Å². The maximum atomic E-state index is 12.5. The van der Waals surface area contributed by atoms with Gasteiger partial charge in [-0.05, 0) is 62.0 Å². The summed E-state index contributed by atoms with van der Waals surface area (Å²) in [4.78, 5) is 16.2. The number of thiophene rings is 1. The average molecular weight is 335 g/mol. The topological polar surface area (TPSA) is 32.3 Å². The molecule has 1 fully saturated rings. The molecule has 3 nitrogen and oxygen atoms in total. The van der Waals surface area contributed by atoms with Gasteiger partial charge in [-0.2, -0.15) is 0 Å². The van der Waals surface area contributed by atoms with Crippen LogP contribution in [0.2, 0.25) is 5.02 Å². The Hall–Kier alpha value is -1.36. The molecule has 0 saturated carbocycles. The molecule has 1 aromatic carbocycles. The molecule has 2 aromatic rings. The minimum Gasteiger partial charge on any atom is -0.325 e. The van der Waals surface area contributed by atoms with E-state index in [1.54, 1.807) is 23.5 Å². The molecule has 116 valence electrons. The van der Waals surface area contributed by atoms with Gasteiger partial charge in [-0.1, -0.05) is 17.7 Å². The van der Waals surface area contributed by atoms with Crippen molar-refractivity contribution in [2.75, 3.05) is 11.9 Å². The van der Waals surface area contributed by atoms with Crippen LogP contribution < -0.4 is 5.32 Å². The Bertz CT molecular complexity index is 627. The average Bonchev–Trinajstić information content (AvgIpc) is 3.19. The quantitative estimate of drug-likeness (QED) is 0.888. The molecule has 3 rings (SSSR count). The summed E-state index contributed by atoms with van der Waals surface area (Å²) < 4.78 is 0. The summed E-state index contributed by atoms with van der Waals surface area (Å²) in [5, 5.41) is 5.75. The summed E-state index contributed by atoms with van der Waals surface area (Å²) in [6.45, 7) is 2.95. The van der Waals surface area contributed by atoms with E-state index in [4.69, 9.17) is 11.6 Å². The number of nitrogens with one attached hydrogen (secondary N) is 1. The molecule has 1 aliphatic heterocycles. The van der Waals surface area contributed by atoms with Gasteiger partial charge in [-0.25, -0.2) is 0 Å². The van der Waals surface area contributed by atoms with E-state index in [9.17, 15) is 4.79 Å². The molecule has 2 unspecified atom stereocenters. The maximum absolute atomic E-state index is 12.5. The number of anilines is 1. The van der Waals surface area contributed by atoms with Crippen LogP contribution in [0, 0.1) is 0 Å². The van der Waals surface area contributed by atoms with E-state index in [-0.39, 0.29) is 11.9 Å². The summed E-state index contributed by atoms with van der Waals surface area (Å²) in [6, 6.07) is 11.7. The van der Waals surface area contributed by atoms with Crippen LogP contribution in [0.15, 0.2) is 41.8 Å². The second kappa shape index (κ2) is 6.82. The number of benzene rings is 1. The first kappa shape index (κ1) is 15.5. The first-order valence-corrected chi connectivity index (χ1v) is 8.76. The van der Waals surface area contributed by atoms with E-state index < -0.39 is 0 Å². The Morgan fingerprint density at radius 2 is 2.14 bits per heavy atom. The zero-order valence-corrected chi connectivity index (χ0v) is 14.0. The molecule has 0 radical (unpaired) electrons. The molecule has 1 saturated heterocycles. The number of carbonyl (C=O) groups excluding carboxylic acids is 1. The predicted molar refractivity (Wildman–Crippen MR) is 92.5 cm³/mol. The lowest BCUT2D eigenvalue weighted by Gasteiger charge is -2.29. The van der Waals surface area contributed by atoms with Crippen molar-refractivity contribution >= 4 is 34.5 Å². The van der Waals surface area contributed by atoms with Crippen molar-refractivity contribution in [3.8, 4) is 0 Å². The van der Waals surface area contributed by atoms with Crippen molar-refractivity contribution < 1.29 is 4.79 Å². The predicted octanol–water partition coefficient (Wildman–Crippen LogP) is 4.57. The van der Waals surface area contributed by atoms with E-state index in [1.807, 2.05) is 19.1 Å². The number of nitrogens with zero attached hydrogens (tertiary/aromatic N) is 1. The highest BCUT2D eigenvalue weighted by Gasteiger charge is 2.33. The van der Waals surface area contributed by atoms with Crippen LogP contribution in [0.25, 0.3) is 0 Å². The Morgan fingerprint density at radius 1 is 1.36 bits per heavy atom. The van der Waals surface area contributed by atoms with Crippen molar-refractivity contribution in [3.05, 3.63) is 51.7 Å². The van der Waals surface area contributed by atoms with E-state index in [2.05, 4.69) is 27.7 Å². The van der Waals surface area contributed by atoms with Crippen LogP contribution in [-0.2, 0) is 4.79 Å². The van der Waals surface area contributed by atoms with Gasteiger partial charge in [0, 0.05) is 21.6 Å². The van der Waals surface area contributed by atoms with Crippen molar-refractivity contribution in [1.82, 2.24) is 4.90 Å². The van der Waals surface area contributed by atoms with Gasteiger partial charge < -0.3 is 5.32 Å². The Kier molecular flexibility index (Phi) is 4.81. The van der Waals surface area contributed by atoms with Crippen LogP contribution in [0.3, 0.4) is 0 Å². The lowest BCUT2D eigenvalue weighted by atomic mass is 10.1. The summed E-state index contributed by atoms with van der Waals surface area (Å²) in [7, 11) is 0. The summed E-state index contributed by atoms with van der Waals surface area (Å²) in [5.41, 5.74) is 0.785. The molecule has 5 heteroatoms. The number of rotatable bonds is 4. The number of hydrogen-bond donors (Lipinski definition) is 1. The lowest BCUT2D eigenvalue weighted by molar-refractivity contribution is -0.121. The van der Waals surface area contributed by atoms with E-state index in [1.165, 1.54) is 4.88 Å². The summed E-state index contributed by atoms with van der Waals surface area (Å²) in [6.07, 6.45) is 2.26. The van der Waals surface area contributed by atoms with Gasteiger partial charge >= 0.3 is 0 Å². The third-order valence-electron chi connectivity index (χ3n) is 4.15. The van der Waals surface area contributed by atoms with Crippen LogP contribution >= 0.6 is 22.9 Å². The SMILES string of the molecule is CC(C(=O)Nc1ccc(Cl)cc1)N1CCCC1c1cccs1. The van der Waals surface area contributed by atoms with Crippen LogP contribution in [0.4, 0.5) is 5.69 Å². The number of amides is 1. The fourth-order valence-corrected chi connectivity index (χ4v) is 3.98. The Labute approximate surface area is 139 Å². The summed E-state index contributed by atoms with van der Waals surface area (Å²) in [5.74, 6) is 0.0331. The molecule has 2 heterocycles. The number of halogens is 1. The molecule has 1 amide bonds. The first-order chi connectivity index (χ1) is 10.6. The first-order valence-electron chi connectivity index (χ1n) is 7.51. The second-order valence-corrected chi connectivity index (χ2v) is 7.00. The van der Waals surface area contributed by atoms with Gasteiger partial charge in [0.2, 0.25) is 5.91 Å². The zero-order chi connectivity index (χ0) is 15.5. The normalized spacial score (nSPS) is 20.0. The fourth-order valence-electron chi connectivity index (χ4n) is 2.97. The highest BCUT2D eigenvalue weighted by atomic mass is 35.5. The minimum absolute atomic E-state index is 0.0331. The monoisotopic (exact) mass is 334 g/mol. The molecule has 22 heavy (non-hydrogen) atoms. The van der Waals surface area contributed by atoms with Gasteiger partial charge in [0.15, 0.2) is 0 Å². The molecule has 1 aliphatic rings. The molecule has 1 aromatic heterocycles. The second-order valence-electron chi connectivity index (χ2n) is 5.58. The van der Waals surface area contributed by atoms with Crippen LogP contribution in [0.5, 0.6) is 0 Å². The number of hydrogen-bond acceptors (Lipinski definition) is 3. The largest absolute Gasteiger partial charge is 0.325 e. The maximum Gasteiger partial charge on any atom is 0.241 e. The number of carbonyl (C=O) groups is 1. The van der Waals surface area contributed by atoms with Crippen molar-refractivity contribution in [3.63, 3.8) is 0 Å². The highest BCUT2D eigenvalue weighted by Crippen LogP contribution is 2.36. The molecular weight excluding hydrogens is 316 g/mol. The van der Waals surface area contributed by atoms with Crippen molar-refractivity contribution in [2.24, 2.45) is 0 Å². The molecule has 0 spiro atoms. The molecular formula is C17H19ClN2OS. The standard InChI is InChI=1S/C17H19ClN2OS/c1-12(17(21)19-14-8-6-13(18)7-9-14)20-10-2-4-15(20)16-5-3-11-22-16/h3,5-9,11-12,15H,2,4,10H2,1H3,(H,19,21). The zero-order valence-electron chi connectivity index (χ0n) is 12.5. The van der Waals surface area contributed by atoms with E-state index >= 15 is 0 Å². The molecule has 2 atom stereocenters. The lowest BCUT2D eigenvalue weighted by Crippen LogP contribution is -2.41. The molecule has 0 aliphatic carbocycles. The van der Waals surface area contributed by atoms with Crippen LogP contribution in [0.1, 0.15) is 30.7 Å². The third-order valence-corrected chi connectivity index (χ3v) is 5.38. The van der Waals surface area contributed by atoms with Crippen LogP contribution in [-0.4, -0.2) is 23.4 Å². The van der Waals surface area contributed by atoms with Gasteiger partial charge in [0.05, 0.1) is 6.04 Å². The van der Waals surface area contributed by atoms with Crippen molar-refractivity contribution in [1.29, 1.82) is 0 Å². The molecule has 0 bridgehead atoms. The van der Waals surface area contributed by atoms with Gasteiger partial charge in [0.1, 0.15) is 0 Å².